The number of hydrogen-bond acceptors (Lipinski definition) is 2. The number of aromatic hydroxyl groups is 1. The maximum atomic E-state index is 9.45. The lowest BCUT2D eigenvalue weighted by Gasteiger charge is -2.09. The monoisotopic (exact) mass is 345 g/mol. The molecule has 2 nitrogen and oxygen atoms in total. The minimum absolute atomic E-state index is 0.0914. The summed E-state index contributed by atoms with van der Waals surface area (Å²) in [6.45, 7) is 0.650. The van der Waals surface area contributed by atoms with Crippen molar-refractivity contribution in [2.75, 3.05) is 5.32 Å². The van der Waals surface area contributed by atoms with Crippen LogP contribution in [-0.2, 0) is 6.54 Å². The molecular weight excluding hydrogens is 337 g/mol. The van der Waals surface area contributed by atoms with E-state index in [0.29, 0.717) is 6.54 Å². The molecule has 0 spiro atoms. The number of hydrogen-bond donors (Lipinski definition) is 2. The van der Waals surface area contributed by atoms with E-state index in [1.165, 1.54) is 0 Å². The predicted octanol–water partition coefficient (Wildman–Crippen LogP) is 5.07. The zero-order valence-electron chi connectivity index (χ0n) is 9.25. The number of anilines is 1. The molecule has 0 radical (unpaired) electrons. The number of benzene rings is 2. The van der Waals surface area contributed by atoms with E-state index < -0.39 is 0 Å². The lowest BCUT2D eigenvalue weighted by atomic mass is 10.2. The van der Waals surface area contributed by atoms with Crippen molar-refractivity contribution in [3.05, 3.63) is 56.5 Å². The van der Waals surface area contributed by atoms with Crippen LogP contribution < -0.4 is 5.32 Å². The fourth-order valence-corrected chi connectivity index (χ4v) is 2.45. The number of halogens is 3. The first-order chi connectivity index (χ1) is 8.56. The lowest BCUT2D eigenvalue weighted by Crippen LogP contribution is -1.99. The summed E-state index contributed by atoms with van der Waals surface area (Å²) in [5, 5.41) is 13.1. The van der Waals surface area contributed by atoms with Crippen LogP contribution in [0.3, 0.4) is 0 Å². The van der Waals surface area contributed by atoms with Crippen LogP contribution in [0.25, 0.3) is 0 Å². The van der Waals surface area contributed by atoms with Crippen molar-refractivity contribution in [1.29, 1.82) is 0 Å². The first-order valence-electron chi connectivity index (χ1n) is 5.22. The van der Waals surface area contributed by atoms with Gasteiger partial charge in [-0.1, -0.05) is 51.3 Å². The van der Waals surface area contributed by atoms with E-state index in [2.05, 4.69) is 21.2 Å². The molecule has 0 aromatic heterocycles. The summed E-state index contributed by atoms with van der Waals surface area (Å²) in [4.78, 5) is 0. The quantitative estimate of drug-likeness (QED) is 0.760. The second-order valence-electron chi connectivity index (χ2n) is 3.77. The molecule has 18 heavy (non-hydrogen) atoms. The van der Waals surface area contributed by atoms with Crippen molar-refractivity contribution >= 4 is 44.8 Å². The van der Waals surface area contributed by atoms with E-state index in [9.17, 15) is 5.11 Å². The fraction of sp³-hybridized carbons (Fsp3) is 0.0769. The van der Waals surface area contributed by atoms with E-state index in [1.54, 1.807) is 12.1 Å². The van der Waals surface area contributed by atoms with E-state index >= 15 is 0 Å². The fourth-order valence-electron chi connectivity index (χ4n) is 1.52. The van der Waals surface area contributed by atoms with Crippen molar-refractivity contribution in [3.63, 3.8) is 0 Å². The first-order valence-corrected chi connectivity index (χ1v) is 6.77. The summed E-state index contributed by atoms with van der Waals surface area (Å²) in [6.07, 6.45) is 0. The standard InChI is InChI=1S/C13H10BrCl2NO/c14-9-3-1-2-8(4-9)7-17-10-5-11(15)13(18)12(16)6-10/h1-6,17-18H,7H2. The summed E-state index contributed by atoms with van der Waals surface area (Å²) < 4.78 is 1.03. The molecule has 0 fully saturated rings. The molecule has 5 heteroatoms. The summed E-state index contributed by atoms with van der Waals surface area (Å²) in [5.74, 6) is -0.0914. The molecule has 94 valence electrons. The average Bonchev–Trinajstić information content (AvgIpc) is 2.33. The average molecular weight is 347 g/mol. The van der Waals surface area contributed by atoms with Crippen molar-refractivity contribution in [3.8, 4) is 5.75 Å². The molecule has 0 aliphatic heterocycles. The molecule has 2 N–H and O–H groups in total. The van der Waals surface area contributed by atoms with Crippen LogP contribution >= 0.6 is 39.1 Å². The van der Waals surface area contributed by atoms with Gasteiger partial charge in [-0.15, -0.1) is 0 Å². The van der Waals surface area contributed by atoms with Crippen molar-refractivity contribution in [2.45, 2.75) is 6.54 Å². The Morgan fingerprint density at radius 2 is 1.78 bits per heavy atom. The van der Waals surface area contributed by atoms with Crippen molar-refractivity contribution < 1.29 is 5.11 Å². The van der Waals surface area contributed by atoms with Crippen LogP contribution in [0.5, 0.6) is 5.75 Å². The maximum Gasteiger partial charge on any atom is 0.152 e. The third kappa shape index (κ3) is 3.31. The van der Waals surface area contributed by atoms with E-state index in [4.69, 9.17) is 23.2 Å². The first kappa shape index (κ1) is 13.5. The lowest BCUT2D eigenvalue weighted by molar-refractivity contribution is 0.476. The zero-order valence-corrected chi connectivity index (χ0v) is 12.4. The van der Waals surface area contributed by atoms with Crippen molar-refractivity contribution in [1.82, 2.24) is 0 Å². The predicted molar refractivity (Wildman–Crippen MR) is 79.6 cm³/mol. The van der Waals surface area contributed by atoms with Gasteiger partial charge in [0.2, 0.25) is 0 Å². The largest absolute Gasteiger partial charge is 0.505 e. The molecule has 2 aromatic carbocycles. The highest BCUT2D eigenvalue weighted by Gasteiger charge is 2.06. The van der Waals surface area contributed by atoms with Gasteiger partial charge in [-0.25, -0.2) is 0 Å². The molecule has 0 bridgehead atoms. The topological polar surface area (TPSA) is 32.3 Å². The van der Waals surface area contributed by atoms with Gasteiger partial charge in [0.05, 0.1) is 10.0 Å². The van der Waals surface area contributed by atoms with Crippen LogP contribution in [0.15, 0.2) is 40.9 Å². The third-order valence-electron chi connectivity index (χ3n) is 2.40. The molecule has 0 heterocycles. The van der Waals surface area contributed by atoms with Gasteiger partial charge in [-0.05, 0) is 29.8 Å². The minimum atomic E-state index is -0.0914. The summed E-state index contributed by atoms with van der Waals surface area (Å²) in [7, 11) is 0. The molecule has 0 atom stereocenters. The van der Waals surface area contributed by atoms with Crippen LogP contribution in [-0.4, -0.2) is 5.11 Å². The number of phenolic OH excluding ortho intramolecular Hbond substituents is 1. The van der Waals surface area contributed by atoms with Crippen LogP contribution in [0.1, 0.15) is 5.56 Å². The maximum absolute atomic E-state index is 9.45. The molecule has 2 aromatic rings. The number of phenols is 1. The van der Waals surface area contributed by atoms with Crippen LogP contribution in [0.2, 0.25) is 10.0 Å². The molecule has 0 saturated carbocycles. The summed E-state index contributed by atoms with van der Waals surface area (Å²) in [6, 6.07) is 11.3. The molecular formula is C13H10BrCl2NO. The highest BCUT2D eigenvalue weighted by Crippen LogP contribution is 2.34. The summed E-state index contributed by atoms with van der Waals surface area (Å²) >= 11 is 15.1. The Balaban J connectivity index is 2.11. The molecule has 0 unspecified atom stereocenters. The highest BCUT2D eigenvalue weighted by molar-refractivity contribution is 9.10. The SMILES string of the molecule is Oc1c(Cl)cc(NCc2cccc(Br)c2)cc1Cl. The molecule has 0 saturated heterocycles. The van der Waals surface area contributed by atoms with Crippen LogP contribution in [0.4, 0.5) is 5.69 Å². The normalized spacial score (nSPS) is 10.4. The van der Waals surface area contributed by atoms with Gasteiger partial charge in [-0.2, -0.15) is 0 Å². The van der Waals surface area contributed by atoms with Gasteiger partial charge >= 0.3 is 0 Å². The second-order valence-corrected chi connectivity index (χ2v) is 5.50. The summed E-state index contributed by atoms with van der Waals surface area (Å²) in [5.41, 5.74) is 1.90. The Labute approximate surface area is 124 Å². The molecule has 2 rings (SSSR count). The van der Waals surface area contributed by atoms with Gasteiger partial charge in [0.1, 0.15) is 0 Å². The Morgan fingerprint density at radius 3 is 2.39 bits per heavy atom. The Hall–Kier alpha value is -0.900. The Bertz CT molecular complexity index is 552. The Morgan fingerprint density at radius 1 is 1.11 bits per heavy atom. The van der Waals surface area contributed by atoms with Crippen LogP contribution in [0, 0.1) is 0 Å². The molecule has 0 aliphatic rings. The van der Waals surface area contributed by atoms with E-state index in [-0.39, 0.29) is 15.8 Å². The Kier molecular flexibility index (Phi) is 4.38. The smallest absolute Gasteiger partial charge is 0.152 e. The van der Waals surface area contributed by atoms with Crippen molar-refractivity contribution in [2.24, 2.45) is 0 Å². The van der Waals surface area contributed by atoms with Gasteiger partial charge in [0, 0.05) is 16.7 Å². The zero-order chi connectivity index (χ0) is 13.1. The minimum Gasteiger partial charge on any atom is -0.505 e. The second kappa shape index (κ2) is 5.83. The van der Waals surface area contributed by atoms with Gasteiger partial charge < -0.3 is 10.4 Å². The third-order valence-corrected chi connectivity index (χ3v) is 3.47. The van der Waals surface area contributed by atoms with Gasteiger partial charge in [-0.3, -0.25) is 0 Å². The van der Waals surface area contributed by atoms with E-state index in [0.717, 1.165) is 15.7 Å². The molecule has 0 amide bonds. The van der Waals surface area contributed by atoms with Gasteiger partial charge in [0.25, 0.3) is 0 Å². The highest BCUT2D eigenvalue weighted by atomic mass is 79.9. The van der Waals surface area contributed by atoms with Gasteiger partial charge in [0.15, 0.2) is 5.75 Å². The molecule has 0 aliphatic carbocycles. The number of rotatable bonds is 3. The van der Waals surface area contributed by atoms with E-state index in [1.807, 2.05) is 24.3 Å². The number of nitrogens with one attached hydrogen (secondary N) is 1.